The maximum Gasteiger partial charge on any atom is 0.489 e. The first-order valence-electron chi connectivity index (χ1n) is 8.16. The van der Waals surface area contributed by atoms with Gasteiger partial charge in [-0.2, -0.15) is 13.2 Å². The molecule has 1 amide bonds. The molecule has 0 saturated heterocycles. The molecule has 2 rings (SSSR count). The molecule has 0 spiro atoms. The Kier molecular flexibility index (Phi) is 6.54. The molecule has 2 aromatic carbocycles. The molecule has 1 atom stereocenters. The lowest BCUT2D eigenvalue weighted by Crippen LogP contribution is -2.48. The summed E-state index contributed by atoms with van der Waals surface area (Å²) in [7, 11) is -4.28. The minimum absolute atomic E-state index is 0.163. The van der Waals surface area contributed by atoms with Gasteiger partial charge < -0.3 is 10.3 Å². The first-order chi connectivity index (χ1) is 12.9. The summed E-state index contributed by atoms with van der Waals surface area (Å²) in [6.07, 6.45) is -4.52. The summed E-state index contributed by atoms with van der Waals surface area (Å²) in [5.41, 5.74) is 4.06. The lowest BCUT2D eigenvalue weighted by Gasteiger charge is -2.24. The van der Waals surface area contributed by atoms with Gasteiger partial charge in [-0.05, 0) is 43.7 Å². The van der Waals surface area contributed by atoms with Crippen LogP contribution in [0.5, 0.6) is 5.75 Å². The summed E-state index contributed by atoms with van der Waals surface area (Å²) >= 11 is 0. The van der Waals surface area contributed by atoms with E-state index in [0.717, 1.165) is 24.3 Å². The predicted octanol–water partition coefficient (Wildman–Crippen LogP) is 4.26. The van der Waals surface area contributed by atoms with Gasteiger partial charge in [0.2, 0.25) is 5.91 Å². The van der Waals surface area contributed by atoms with Crippen molar-refractivity contribution in [2.45, 2.75) is 32.2 Å². The van der Waals surface area contributed by atoms with E-state index < -0.39 is 30.9 Å². The zero-order chi connectivity index (χ0) is 21.0. The summed E-state index contributed by atoms with van der Waals surface area (Å²) in [6.45, 7) is 2.62. The molecule has 0 bridgehead atoms. The number of hydrogen-bond acceptors (Lipinski definition) is 5. The van der Waals surface area contributed by atoms with Crippen molar-refractivity contribution in [3.05, 3.63) is 65.7 Å². The summed E-state index contributed by atoms with van der Waals surface area (Å²) in [6, 6.07) is 12.2. The number of halogens is 3. The molecule has 0 aliphatic heterocycles. The fourth-order valence-electron chi connectivity index (χ4n) is 1.93. The third-order valence-electron chi connectivity index (χ3n) is 3.47. The van der Waals surface area contributed by atoms with Crippen LogP contribution in [0.3, 0.4) is 0 Å². The smallest absolute Gasteiger partial charge is 0.409 e. The third kappa shape index (κ3) is 6.37. The van der Waals surface area contributed by atoms with Gasteiger partial charge in [-0.3, -0.25) is 14.4 Å². The summed E-state index contributed by atoms with van der Waals surface area (Å²) < 4.78 is 61.6. The van der Waals surface area contributed by atoms with Gasteiger partial charge in [-0.25, -0.2) is 4.57 Å². The van der Waals surface area contributed by atoms with Crippen LogP contribution >= 0.6 is 7.75 Å². The van der Waals surface area contributed by atoms with E-state index in [9.17, 15) is 22.5 Å². The molecule has 0 aliphatic carbocycles. The fraction of sp³-hybridized carbons (Fsp3) is 0.278. The molecule has 28 heavy (non-hydrogen) atoms. The van der Waals surface area contributed by atoms with Crippen molar-refractivity contribution in [3.63, 3.8) is 0 Å². The standard InChI is InChI=1S/C18H20F3N2O4P/c1-17(2,22)16(24)23-28(25,26-12-13-6-4-3-5-7-13)27-15-10-8-14(9-11-15)18(19,20)21/h3-11H,12,22H2,1-2H3,(H,23,24,25). The monoisotopic (exact) mass is 416 g/mol. The molecule has 152 valence electrons. The largest absolute Gasteiger partial charge is 0.489 e. The molecule has 2 aromatic rings. The highest BCUT2D eigenvalue weighted by molar-refractivity contribution is 7.52. The quantitative estimate of drug-likeness (QED) is 0.658. The third-order valence-corrected chi connectivity index (χ3v) is 4.87. The number of carbonyl (C=O) groups is 1. The Balaban J connectivity index is 2.21. The van der Waals surface area contributed by atoms with Crippen LogP contribution in [-0.2, 0) is 26.7 Å². The first-order valence-corrected chi connectivity index (χ1v) is 9.70. The number of alkyl halides is 3. The van der Waals surface area contributed by atoms with E-state index in [4.69, 9.17) is 14.8 Å². The molecule has 0 aromatic heterocycles. The predicted molar refractivity (Wildman–Crippen MR) is 97.3 cm³/mol. The van der Waals surface area contributed by atoms with Crippen molar-refractivity contribution in [2.24, 2.45) is 5.73 Å². The number of hydrogen-bond donors (Lipinski definition) is 2. The highest BCUT2D eigenvalue weighted by Crippen LogP contribution is 2.46. The molecule has 0 saturated carbocycles. The molecule has 0 aliphatic rings. The number of nitrogens with two attached hydrogens (primary N) is 1. The highest BCUT2D eigenvalue weighted by Gasteiger charge is 2.35. The Labute approximate surface area is 160 Å². The van der Waals surface area contributed by atoms with E-state index in [1.54, 1.807) is 30.3 Å². The van der Waals surface area contributed by atoms with Gasteiger partial charge in [0.25, 0.3) is 0 Å². The average molecular weight is 416 g/mol. The molecule has 10 heteroatoms. The van der Waals surface area contributed by atoms with Crippen LogP contribution in [0.25, 0.3) is 0 Å². The normalized spacial score (nSPS) is 14.2. The Bertz CT molecular complexity index is 850. The molecule has 0 radical (unpaired) electrons. The molecular weight excluding hydrogens is 396 g/mol. The molecule has 1 unspecified atom stereocenters. The number of carbonyl (C=O) groups excluding carboxylic acids is 1. The SMILES string of the molecule is CC(C)(N)C(=O)NP(=O)(OCc1ccccc1)Oc1ccc(C(F)(F)F)cc1. The first kappa shape index (κ1) is 21.9. The van der Waals surface area contributed by atoms with Gasteiger partial charge >= 0.3 is 13.9 Å². The Morgan fingerprint density at radius 1 is 1.07 bits per heavy atom. The van der Waals surface area contributed by atoms with Crippen LogP contribution in [0.15, 0.2) is 54.6 Å². The van der Waals surface area contributed by atoms with E-state index in [2.05, 4.69) is 5.09 Å². The Morgan fingerprint density at radius 2 is 1.64 bits per heavy atom. The zero-order valence-electron chi connectivity index (χ0n) is 15.2. The topological polar surface area (TPSA) is 90.7 Å². The molecule has 0 fully saturated rings. The maximum absolute atomic E-state index is 13.0. The zero-order valence-corrected chi connectivity index (χ0v) is 16.1. The van der Waals surface area contributed by atoms with Crippen LogP contribution < -0.4 is 15.3 Å². The Hall–Kier alpha value is -2.35. The minimum atomic E-state index is -4.52. The summed E-state index contributed by atoms with van der Waals surface area (Å²) in [4.78, 5) is 12.2. The second-order valence-electron chi connectivity index (χ2n) is 6.53. The molecule has 6 nitrogen and oxygen atoms in total. The van der Waals surface area contributed by atoms with Crippen molar-refractivity contribution in [1.29, 1.82) is 0 Å². The minimum Gasteiger partial charge on any atom is -0.409 e. The van der Waals surface area contributed by atoms with Crippen molar-refractivity contribution in [3.8, 4) is 5.75 Å². The van der Waals surface area contributed by atoms with Crippen LogP contribution in [0.4, 0.5) is 13.2 Å². The van der Waals surface area contributed by atoms with E-state index in [0.29, 0.717) is 5.56 Å². The maximum atomic E-state index is 13.0. The lowest BCUT2D eigenvalue weighted by atomic mass is 10.1. The number of amides is 1. The van der Waals surface area contributed by atoms with Crippen molar-refractivity contribution in [2.75, 3.05) is 0 Å². The fourth-order valence-corrected chi connectivity index (χ4v) is 3.35. The van der Waals surface area contributed by atoms with E-state index in [-0.39, 0.29) is 12.4 Å². The number of rotatable bonds is 7. The van der Waals surface area contributed by atoms with Gasteiger partial charge in [0.1, 0.15) is 5.75 Å². The second kappa shape index (κ2) is 8.34. The molecular formula is C18H20F3N2O4P. The van der Waals surface area contributed by atoms with Crippen molar-refractivity contribution in [1.82, 2.24) is 5.09 Å². The van der Waals surface area contributed by atoms with Gasteiger partial charge in [0.05, 0.1) is 17.7 Å². The summed E-state index contributed by atoms with van der Waals surface area (Å²) in [5, 5.41) is 2.12. The number of benzene rings is 2. The average Bonchev–Trinajstić information content (AvgIpc) is 2.60. The van der Waals surface area contributed by atoms with Gasteiger partial charge in [-0.15, -0.1) is 0 Å². The number of nitrogens with one attached hydrogen (secondary N) is 1. The summed E-state index contributed by atoms with van der Waals surface area (Å²) in [5.74, 6) is -0.977. The van der Waals surface area contributed by atoms with E-state index in [1.807, 2.05) is 0 Å². The van der Waals surface area contributed by atoms with Gasteiger partial charge in [-0.1, -0.05) is 30.3 Å². The second-order valence-corrected chi connectivity index (χ2v) is 8.19. The van der Waals surface area contributed by atoms with Crippen LogP contribution in [0.1, 0.15) is 25.0 Å². The van der Waals surface area contributed by atoms with E-state index in [1.165, 1.54) is 13.8 Å². The molecule has 0 heterocycles. The van der Waals surface area contributed by atoms with Crippen LogP contribution in [-0.4, -0.2) is 11.4 Å². The highest BCUT2D eigenvalue weighted by atomic mass is 31.2. The molecule has 3 N–H and O–H groups in total. The van der Waals surface area contributed by atoms with Crippen LogP contribution in [0.2, 0.25) is 0 Å². The van der Waals surface area contributed by atoms with Crippen LogP contribution in [0, 0.1) is 0 Å². The van der Waals surface area contributed by atoms with E-state index >= 15 is 0 Å². The van der Waals surface area contributed by atoms with Crippen molar-refractivity contribution < 1.29 is 31.6 Å². The van der Waals surface area contributed by atoms with Crippen molar-refractivity contribution >= 4 is 13.7 Å². The van der Waals surface area contributed by atoms with Gasteiger partial charge in [0.15, 0.2) is 0 Å². The Morgan fingerprint density at radius 3 is 2.14 bits per heavy atom. The van der Waals surface area contributed by atoms with Gasteiger partial charge in [0, 0.05) is 0 Å². The lowest BCUT2D eigenvalue weighted by molar-refractivity contribution is -0.137.